The summed E-state index contributed by atoms with van der Waals surface area (Å²) in [5.74, 6) is -1.12. The predicted octanol–water partition coefficient (Wildman–Crippen LogP) is 7.26. The zero-order valence-corrected chi connectivity index (χ0v) is 29.7. The Morgan fingerprint density at radius 3 is 2.35 bits per heavy atom. The molecule has 0 spiro atoms. The molecule has 0 radical (unpaired) electrons. The lowest BCUT2D eigenvalue weighted by molar-refractivity contribution is -0.219. The van der Waals surface area contributed by atoms with E-state index in [0.29, 0.717) is 18.5 Å². The van der Waals surface area contributed by atoms with Gasteiger partial charge in [0.2, 0.25) is 11.8 Å². The first kappa shape index (κ1) is 39.0. The van der Waals surface area contributed by atoms with Crippen LogP contribution in [0.25, 0.3) is 17.1 Å². The average molecular weight is 736 g/mol. The SMILES string of the molecule is CC(C)(C)OC(=O)NCCCCCCc1ccccc1-c1nc(NS(=O)(=O)c2cccc(F)n2)cnc1-n1ccc(OCC(C)(C)C(F)(F)F)n1. The first-order chi connectivity index (χ1) is 23.8. The number of pyridine rings is 1. The molecule has 2 N–H and O–H groups in total. The molecule has 0 saturated heterocycles. The Hall–Kier alpha value is -4.80. The van der Waals surface area contributed by atoms with Gasteiger partial charge in [-0.15, -0.1) is 5.10 Å². The van der Waals surface area contributed by atoms with Crippen LogP contribution in [0, 0.1) is 11.4 Å². The highest BCUT2D eigenvalue weighted by molar-refractivity contribution is 7.92. The Kier molecular flexibility index (Phi) is 12.3. The number of alkyl halides is 3. The predicted molar refractivity (Wildman–Crippen MR) is 181 cm³/mol. The van der Waals surface area contributed by atoms with Crippen LogP contribution in [0.4, 0.5) is 28.2 Å². The maximum absolute atomic E-state index is 13.7. The molecule has 12 nitrogen and oxygen atoms in total. The Labute approximate surface area is 294 Å². The topological polar surface area (TPSA) is 150 Å². The minimum Gasteiger partial charge on any atom is -0.476 e. The highest BCUT2D eigenvalue weighted by atomic mass is 32.2. The molecule has 1 amide bonds. The third-order valence-corrected chi connectivity index (χ3v) is 8.66. The molecule has 0 unspecified atom stereocenters. The number of ether oxygens (including phenoxy) is 2. The molecule has 0 saturated carbocycles. The van der Waals surface area contributed by atoms with Crippen molar-refractivity contribution in [3.8, 4) is 23.0 Å². The number of anilines is 1. The molecule has 0 aliphatic heterocycles. The summed E-state index contributed by atoms with van der Waals surface area (Å²) in [4.78, 5) is 24.3. The van der Waals surface area contributed by atoms with Crippen LogP contribution in [-0.2, 0) is 21.2 Å². The lowest BCUT2D eigenvalue weighted by Crippen LogP contribution is -2.37. The standard InChI is InChI=1S/C34H41F4N7O5S/c1-32(2,3)50-31(46)39-19-11-7-6-8-13-23-14-9-10-15-24(23)29-30(45-20-18-27(43-45)49-22-33(4,5)34(36,37)38)40-21-26(42-29)44-51(47,48)28-17-12-16-25(35)41-28/h9-10,12,14-18,20-21H,6-8,11,13,19,22H2,1-5H3,(H,39,46)(H,42,44). The fraction of sp³-hybridized carbons (Fsp3) is 0.441. The van der Waals surface area contributed by atoms with E-state index in [4.69, 9.17) is 9.47 Å². The van der Waals surface area contributed by atoms with Crippen molar-refractivity contribution in [1.29, 1.82) is 0 Å². The number of nitrogens with zero attached hydrogens (tertiary/aromatic N) is 5. The van der Waals surface area contributed by atoms with Crippen molar-refractivity contribution in [2.75, 3.05) is 17.9 Å². The largest absolute Gasteiger partial charge is 0.476 e. The molecule has 0 aliphatic rings. The second kappa shape index (κ2) is 16.0. The number of sulfonamides is 1. The summed E-state index contributed by atoms with van der Waals surface area (Å²) in [5.41, 5.74) is -1.03. The molecule has 0 atom stereocenters. The number of carbonyl (C=O) groups is 1. The van der Waals surface area contributed by atoms with Crippen molar-refractivity contribution >= 4 is 21.9 Å². The first-order valence-electron chi connectivity index (χ1n) is 16.2. The van der Waals surface area contributed by atoms with Crippen molar-refractivity contribution < 1.29 is 40.2 Å². The van der Waals surface area contributed by atoms with Gasteiger partial charge in [0.15, 0.2) is 16.7 Å². The smallest absolute Gasteiger partial charge is 0.407 e. The van der Waals surface area contributed by atoms with Crippen molar-refractivity contribution in [2.45, 2.75) is 83.5 Å². The molecule has 1 aromatic carbocycles. The van der Waals surface area contributed by atoms with E-state index in [2.05, 4.69) is 30.1 Å². The minimum absolute atomic E-state index is 0.0866. The van der Waals surface area contributed by atoms with E-state index >= 15 is 0 Å². The van der Waals surface area contributed by atoms with Crippen LogP contribution >= 0.6 is 0 Å². The highest BCUT2D eigenvalue weighted by Crippen LogP contribution is 2.38. The van der Waals surface area contributed by atoms with Crippen molar-refractivity contribution in [2.24, 2.45) is 5.41 Å². The van der Waals surface area contributed by atoms with Gasteiger partial charge in [0.05, 0.1) is 11.6 Å². The molecule has 17 heteroatoms. The summed E-state index contributed by atoms with van der Waals surface area (Å²) in [6, 6.07) is 12.0. The molecular weight excluding hydrogens is 694 g/mol. The molecule has 0 fully saturated rings. The number of aryl methyl sites for hydroxylation is 1. The van der Waals surface area contributed by atoms with Crippen LogP contribution in [0.5, 0.6) is 5.88 Å². The minimum atomic E-state index is -4.50. The van der Waals surface area contributed by atoms with Gasteiger partial charge < -0.3 is 14.8 Å². The Morgan fingerprint density at radius 1 is 0.922 bits per heavy atom. The van der Waals surface area contributed by atoms with Gasteiger partial charge in [0.1, 0.15) is 17.9 Å². The monoisotopic (exact) mass is 735 g/mol. The van der Waals surface area contributed by atoms with Gasteiger partial charge in [-0.05, 0) is 71.6 Å². The normalized spacial score (nSPS) is 12.4. The van der Waals surface area contributed by atoms with Gasteiger partial charge in [-0.3, -0.25) is 4.72 Å². The molecule has 276 valence electrons. The Morgan fingerprint density at radius 2 is 1.65 bits per heavy atom. The number of hydrogen-bond donors (Lipinski definition) is 2. The van der Waals surface area contributed by atoms with Crippen LogP contribution in [0.15, 0.2) is 66.0 Å². The third-order valence-electron chi connectivity index (χ3n) is 7.40. The quantitative estimate of drug-likeness (QED) is 0.0731. The van der Waals surface area contributed by atoms with Crippen LogP contribution in [0.3, 0.4) is 0 Å². The van der Waals surface area contributed by atoms with E-state index in [0.717, 1.165) is 63.4 Å². The zero-order chi connectivity index (χ0) is 37.5. The van der Waals surface area contributed by atoms with Crippen LogP contribution in [0.1, 0.15) is 65.9 Å². The maximum atomic E-state index is 13.7. The summed E-state index contributed by atoms with van der Waals surface area (Å²) in [7, 11) is -4.36. The summed E-state index contributed by atoms with van der Waals surface area (Å²) < 4.78 is 94.2. The maximum Gasteiger partial charge on any atom is 0.407 e. The Balaban J connectivity index is 1.57. The molecule has 3 heterocycles. The lowest BCUT2D eigenvalue weighted by Gasteiger charge is -2.26. The van der Waals surface area contributed by atoms with Crippen LogP contribution in [0.2, 0.25) is 0 Å². The first-order valence-corrected chi connectivity index (χ1v) is 17.7. The fourth-order valence-electron chi connectivity index (χ4n) is 4.62. The third kappa shape index (κ3) is 11.1. The van der Waals surface area contributed by atoms with Gasteiger partial charge in [-0.1, -0.05) is 43.2 Å². The van der Waals surface area contributed by atoms with Gasteiger partial charge in [0.25, 0.3) is 10.0 Å². The molecule has 51 heavy (non-hydrogen) atoms. The van der Waals surface area contributed by atoms with Gasteiger partial charge in [-0.25, -0.2) is 24.4 Å². The van der Waals surface area contributed by atoms with Crippen molar-refractivity contribution in [3.63, 3.8) is 0 Å². The zero-order valence-electron chi connectivity index (χ0n) is 28.9. The lowest BCUT2D eigenvalue weighted by atomic mass is 9.94. The molecule has 0 aliphatic carbocycles. The van der Waals surface area contributed by atoms with Crippen molar-refractivity contribution in [3.05, 3.63) is 72.4 Å². The number of halogens is 4. The van der Waals surface area contributed by atoms with E-state index in [1.54, 1.807) is 32.9 Å². The summed E-state index contributed by atoms with van der Waals surface area (Å²) in [6.07, 6.45) is 1.44. The molecule has 0 bridgehead atoms. The number of amides is 1. The van der Waals surface area contributed by atoms with Crippen molar-refractivity contribution in [1.82, 2.24) is 30.0 Å². The van der Waals surface area contributed by atoms with E-state index < -0.39 is 50.9 Å². The summed E-state index contributed by atoms with van der Waals surface area (Å²) >= 11 is 0. The molecule has 4 aromatic rings. The molecule has 4 rings (SSSR count). The summed E-state index contributed by atoms with van der Waals surface area (Å²) in [6.45, 7) is 7.21. The van der Waals surface area contributed by atoms with E-state index in [9.17, 15) is 30.8 Å². The number of carbonyl (C=O) groups excluding carboxylic acids is 1. The summed E-state index contributed by atoms with van der Waals surface area (Å²) in [5, 5.41) is 6.45. The number of alkyl carbamates (subject to hydrolysis) is 1. The number of benzene rings is 1. The van der Waals surface area contributed by atoms with Gasteiger partial charge in [0, 0.05) is 24.4 Å². The van der Waals surface area contributed by atoms with Gasteiger partial charge in [-0.2, -0.15) is 26.0 Å². The highest BCUT2D eigenvalue weighted by Gasteiger charge is 2.48. The van der Waals surface area contributed by atoms with E-state index in [-0.39, 0.29) is 23.2 Å². The van der Waals surface area contributed by atoms with Crippen LogP contribution in [-0.4, -0.2) is 64.2 Å². The number of aromatic nitrogens is 5. The number of rotatable bonds is 15. The van der Waals surface area contributed by atoms with Gasteiger partial charge >= 0.3 is 12.3 Å². The average Bonchev–Trinajstić information content (AvgIpc) is 3.51. The molecular formula is C34H41F4N7O5S. The van der Waals surface area contributed by atoms with E-state index in [1.165, 1.54) is 23.0 Å². The number of nitrogens with one attached hydrogen (secondary N) is 2. The molecule has 3 aromatic heterocycles. The number of unbranched alkanes of at least 4 members (excludes halogenated alkanes) is 3. The fourth-order valence-corrected chi connectivity index (χ4v) is 5.56. The second-order valence-corrected chi connectivity index (χ2v) is 15.0. The number of hydrogen-bond acceptors (Lipinski definition) is 9. The second-order valence-electron chi connectivity index (χ2n) is 13.4. The van der Waals surface area contributed by atoms with Crippen LogP contribution < -0.4 is 14.8 Å². The Bertz CT molecular complexity index is 1910. The van der Waals surface area contributed by atoms with E-state index in [1.807, 2.05) is 12.1 Å².